The summed E-state index contributed by atoms with van der Waals surface area (Å²) in [7, 11) is 4.11. The lowest BCUT2D eigenvalue weighted by atomic mass is 9.81. The van der Waals surface area contributed by atoms with Crippen LogP contribution >= 0.6 is 0 Å². The maximum Gasteiger partial charge on any atom is 0.119 e. The molecule has 4 rings (SSSR count). The molecule has 2 bridgehead atoms. The Morgan fingerprint density at radius 1 is 1.28 bits per heavy atom. The number of ether oxygens (including phenoxy) is 1. The van der Waals surface area contributed by atoms with E-state index in [4.69, 9.17) is 4.74 Å². The average molecular weight is 243 g/mol. The molecule has 0 aromatic heterocycles. The van der Waals surface area contributed by atoms with Crippen molar-refractivity contribution < 1.29 is 4.74 Å². The number of piperidine rings is 1. The molecule has 0 unspecified atom stereocenters. The minimum atomic E-state index is 0.795. The molecule has 0 spiro atoms. The van der Waals surface area contributed by atoms with E-state index in [2.05, 4.69) is 30.1 Å². The van der Waals surface area contributed by atoms with Gasteiger partial charge in [-0.2, -0.15) is 0 Å². The van der Waals surface area contributed by atoms with Crippen LogP contribution in [0.15, 0.2) is 18.2 Å². The van der Waals surface area contributed by atoms with Crippen molar-refractivity contribution in [2.75, 3.05) is 14.2 Å². The first-order valence-electron chi connectivity index (χ1n) is 7.16. The van der Waals surface area contributed by atoms with Crippen LogP contribution in [0.25, 0.3) is 0 Å². The molecular weight excluding hydrogens is 222 g/mol. The summed E-state index contributed by atoms with van der Waals surface area (Å²) in [5.74, 6) is 2.68. The van der Waals surface area contributed by atoms with E-state index in [0.717, 1.165) is 29.7 Å². The van der Waals surface area contributed by atoms with Gasteiger partial charge in [-0.05, 0) is 67.8 Å². The highest BCUT2D eigenvalue weighted by molar-refractivity contribution is 5.43. The number of nitrogens with zero attached hydrogens (tertiary/aromatic N) is 1. The zero-order chi connectivity index (χ0) is 12.3. The molecule has 1 aliphatic carbocycles. The van der Waals surface area contributed by atoms with Crippen molar-refractivity contribution in [3.8, 4) is 5.75 Å². The van der Waals surface area contributed by atoms with Gasteiger partial charge in [0.05, 0.1) is 7.11 Å². The SMILES string of the molecule is COc1ccc2c(c1)[C@H]1C[C@@H]3CC[C@H]([C@H]1C2)N3C. The molecule has 18 heavy (non-hydrogen) atoms. The summed E-state index contributed by atoms with van der Waals surface area (Å²) < 4.78 is 5.40. The maximum absolute atomic E-state index is 5.40. The number of rotatable bonds is 1. The highest BCUT2D eigenvalue weighted by atomic mass is 16.5. The Morgan fingerprint density at radius 2 is 2.17 bits per heavy atom. The van der Waals surface area contributed by atoms with Gasteiger partial charge in [-0.15, -0.1) is 0 Å². The predicted octanol–water partition coefficient (Wildman–Crippen LogP) is 2.82. The largest absolute Gasteiger partial charge is 0.497 e. The number of methoxy groups -OCH3 is 1. The molecule has 2 aliphatic heterocycles. The van der Waals surface area contributed by atoms with E-state index in [1.54, 1.807) is 18.2 Å². The Hall–Kier alpha value is -1.02. The lowest BCUT2D eigenvalue weighted by Crippen LogP contribution is -2.44. The van der Waals surface area contributed by atoms with E-state index in [9.17, 15) is 0 Å². The van der Waals surface area contributed by atoms with Crippen molar-refractivity contribution in [1.29, 1.82) is 0 Å². The van der Waals surface area contributed by atoms with Gasteiger partial charge < -0.3 is 9.64 Å². The zero-order valence-electron chi connectivity index (χ0n) is 11.2. The third-order valence-electron chi connectivity index (χ3n) is 5.64. The van der Waals surface area contributed by atoms with Crippen LogP contribution in [0.3, 0.4) is 0 Å². The van der Waals surface area contributed by atoms with Crippen molar-refractivity contribution in [1.82, 2.24) is 4.90 Å². The quantitative estimate of drug-likeness (QED) is 0.752. The lowest BCUT2D eigenvalue weighted by Gasteiger charge is -2.40. The fourth-order valence-corrected chi connectivity index (χ4v) is 4.70. The number of hydrogen-bond donors (Lipinski definition) is 0. The van der Waals surface area contributed by atoms with Gasteiger partial charge >= 0.3 is 0 Å². The molecule has 0 N–H and O–H groups in total. The van der Waals surface area contributed by atoms with E-state index in [0.29, 0.717) is 0 Å². The number of benzene rings is 1. The summed E-state index contributed by atoms with van der Waals surface area (Å²) >= 11 is 0. The fraction of sp³-hybridized carbons (Fsp3) is 0.625. The van der Waals surface area contributed by atoms with Crippen LogP contribution < -0.4 is 4.74 Å². The molecule has 2 heteroatoms. The van der Waals surface area contributed by atoms with Crippen LogP contribution in [-0.4, -0.2) is 31.1 Å². The Kier molecular flexibility index (Phi) is 2.25. The maximum atomic E-state index is 5.40. The normalized spacial score (nSPS) is 37.4. The summed E-state index contributed by atoms with van der Waals surface area (Å²) in [6.45, 7) is 0. The van der Waals surface area contributed by atoms with Crippen molar-refractivity contribution >= 4 is 0 Å². The minimum absolute atomic E-state index is 0.795. The first-order valence-corrected chi connectivity index (χ1v) is 7.16. The molecule has 1 aromatic rings. The van der Waals surface area contributed by atoms with Gasteiger partial charge in [0.1, 0.15) is 5.75 Å². The number of fused-ring (bicyclic) bond motifs is 6. The molecule has 0 radical (unpaired) electrons. The Morgan fingerprint density at radius 3 is 3.00 bits per heavy atom. The number of hydrogen-bond acceptors (Lipinski definition) is 2. The van der Waals surface area contributed by atoms with Gasteiger partial charge in [-0.25, -0.2) is 0 Å². The Balaban J connectivity index is 1.74. The molecule has 0 saturated carbocycles. The third kappa shape index (κ3) is 1.33. The van der Waals surface area contributed by atoms with Gasteiger partial charge in [-0.3, -0.25) is 0 Å². The van der Waals surface area contributed by atoms with Crippen LogP contribution in [0.5, 0.6) is 5.75 Å². The van der Waals surface area contributed by atoms with Crippen molar-refractivity contribution in [3.63, 3.8) is 0 Å². The average Bonchev–Trinajstić information content (AvgIpc) is 2.86. The minimum Gasteiger partial charge on any atom is -0.497 e. The van der Waals surface area contributed by atoms with Gasteiger partial charge in [0, 0.05) is 12.1 Å². The van der Waals surface area contributed by atoms with E-state index in [1.807, 2.05) is 0 Å². The summed E-state index contributed by atoms with van der Waals surface area (Å²) in [4.78, 5) is 2.66. The Labute approximate surface area is 109 Å². The van der Waals surface area contributed by atoms with Crippen LogP contribution in [0.1, 0.15) is 36.3 Å². The molecule has 96 valence electrons. The van der Waals surface area contributed by atoms with E-state index in [-0.39, 0.29) is 0 Å². The first kappa shape index (κ1) is 10.9. The van der Waals surface area contributed by atoms with Crippen LogP contribution in [0.4, 0.5) is 0 Å². The van der Waals surface area contributed by atoms with Gasteiger partial charge in [0.25, 0.3) is 0 Å². The van der Waals surface area contributed by atoms with Crippen LogP contribution in [0.2, 0.25) is 0 Å². The lowest BCUT2D eigenvalue weighted by molar-refractivity contribution is 0.109. The van der Waals surface area contributed by atoms with E-state index in [1.165, 1.54) is 25.7 Å². The summed E-state index contributed by atoms with van der Waals surface area (Å²) in [6.07, 6.45) is 5.46. The standard InChI is InChI=1S/C16H21NO/c1-17-11-4-6-16(17)15-7-10-3-5-12(18-2)9-13(10)14(15)8-11/h3,5,9,11,14-16H,4,6-8H2,1-2H3/t11-,14+,15-,16+/m0/s1. The van der Waals surface area contributed by atoms with Crippen molar-refractivity contribution in [3.05, 3.63) is 29.3 Å². The van der Waals surface area contributed by atoms with E-state index >= 15 is 0 Å². The smallest absolute Gasteiger partial charge is 0.119 e. The summed E-state index contributed by atoms with van der Waals surface area (Å²) in [5.41, 5.74) is 3.16. The first-order chi connectivity index (χ1) is 8.78. The monoisotopic (exact) mass is 243 g/mol. The summed E-state index contributed by atoms with van der Waals surface area (Å²) in [5, 5.41) is 0. The van der Waals surface area contributed by atoms with Gasteiger partial charge in [0.15, 0.2) is 0 Å². The highest BCUT2D eigenvalue weighted by Crippen LogP contribution is 2.52. The molecule has 4 atom stereocenters. The molecule has 2 saturated heterocycles. The van der Waals surface area contributed by atoms with Crippen LogP contribution in [0, 0.1) is 5.92 Å². The molecule has 2 nitrogen and oxygen atoms in total. The topological polar surface area (TPSA) is 12.5 Å². The second-order valence-corrected chi connectivity index (χ2v) is 6.24. The molecular formula is C16H21NO. The summed E-state index contributed by atoms with van der Waals surface area (Å²) in [6, 6.07) is 8.36. The van der Waals surface area contributed by atoms with Gasteiger partial charge in [0.2, 0.25) is 0 Å². The third-order valence-corrected chi connectivity index (χ3v) is 5.64. The molecule has 0 amide bonds. The van der Waals surface area contributed by atoms with Gasteiger partial charge in [-0.1, -0.05) is 6.07 Å². The second kappa shape index (κ2) is 3.74. The predicted molar refractivity (Wildman–Crippen MR) is 72.1 cm³/mol. The van der Waals surface area contributed by atoms with Crippen molar-refractivity contribution in [2.24, 2.45) is 5.92 Å². The van der Waals surface area contributed by atoms with Crippen molar-refractivity contribution in [2.45, 2.75) is 43.7 Å². The second-order valence-electron chi connectivity index (χ2n) is 6.24. The highest BCUT2D eigenvalue weighted by Gasteiger charge is 2.48. The zero-order valence-corrected chi connectivity index (χ0v) is 11.2. The molecule has 2 heterocycles. The molecule has 2 fully saturated rings. The van der Waals surface area contributed by atoms with E-state index < -0.39 is 0 Å². The molecule has 1 aromatic carbocycles. The Bertz CT molecular complexity index is 484. The molecule has 3 aliphatic rings. The van der Waals surface area contributed by atoms with Crippen LogP contribution in [-0.2, 0) is 6.42 Å². The fourth-order valence-electron chi connectivity index (χ4n) is 4.70.